The van der Waals surface area contributed by atoms with Crippen molar-refractivity contribution in [3.8, 4) is 0 Å². The van der Waals surface area contributed by atoms with Gasteiger partial charge in [-0.25, -0.2) is 13.2 Å². The van der Waals surface area contributed by atoms with Crippen molar-refractivity contribution in [2.75, 3.05) is 22.5 Å². The highest BCUT2D eigenvalue weighted by Crippen LogP contribution is 2.21. The summed E-state index contributed by atoms with van der Waals surface area (Å²) in [5.41, 5.74) is 1.21. The van der Waals surface area contributed by atoms with Crippen LogP contribution in [0.5, 0.6) is 0 Å². The molecule has 2 aromatic carbocycles. The monoisotopic (exact) mass is 390 g/mol. The number of carbonyl (C=O) groups is 2. The molecule has 0 unspecified atom stereocenters. The number of hydrogen-bond donors (Lipinski definition) is 1. The topological polar surface area (TPSA) is 92.8 Å². The maximum Gasteiger partial charge on any atom is 0.338 e. The summed E-state index contributed by atoms with van der Waals surface area (Å²) >= 11 is 0. The highest BCUT2D eigenvalue weighted by atomic mass is 32.2. The zero-order valence-corrected chi connectivity index (χ0v) is 16.2. The smallest absolute Gasteiger partial charge is 0.338 e. The molecule has 0 fully saturated rings. The van der Waals surface area contributed by atoms with Crippen LogP contribution < -0.4 is 9.62 Å². The molecule has 27 heavy (non-hydrogen) atoms. The molecule has 7 nitrogen and oxygen atoms in total. The van der Waals surface area contributed by atoms with Crippen LogP contribution in [0, 0.1) is 0 Å². The fourth-order valence-corrected chi connectivity index (χ4v) is 3.71. The summed E-state index contributed by atoms with van der Waals surface area (Å²) in [5, 5.41) is 2.66. The average Bonchev–Trinajstić information content (AvgIpc) is 2.62. The van der Waals surface area contributed by atoms with E-state index < -0.39 is 27.9 Å². The number of nitrogens with zero attached hydrogens (tertiary/aromatic N) is 1. The fourth-order valence-electron chi connectivity index (χ4n) is 2.53. The summed E-state index contributed by atoms with van der Waals surface area (Å²) in [5.74, 6) is -0.941. The number of sulfonamides is 1. The van der Waals surface area contributed by atoms with Gasteiger partial charge in [-0.2, -0.15) is 0 Å². The van der Waals surface area contributed by atoms with Gasteiger partial charge in [0.05, 0.1) is 24.1 Å². The van der Waals surface area contributed by atoms with E-state index >= 15 is 0 Å². The van der Waals surface area contributed by atoms with Crippen LogP contribution in [0.2, 0.25) is 0 Å². The Labute approximate surface area is 159 Å². The van der Waals surface area contributed by atoms with Gasteiger partial charge in [0.15, 0.2) is 0 Å². The van der Waals surface area contributed by atoms with Crippen LogP contribution in [0.3, 0.4) is 0 Å². The molecule has 0 radical (unpaired) electrons. The Balaban J connectivity index is 2.17. The number of carbonyl (C=O) groups excluding carboxylic acids is 2. The van der Waals surface area contributed by atoms with E-state index in [1.54, 1.807) is 49.4 Å². The lowest BCUT2D eigenvalue weighted by molar-refractivity contribution is -0.116. The van der Waals surface area contributed by atoms with Crippen LogP contribution in [0.25, 0.3) is 0 Å². The molecule has 0 aliphatic carbocycles. The van der Waals surface area contributed by atoms with Gasteiger partial charge in [-0.1, -0.05) is 18.2 Å². The first kappa shape index (κ1) is 20.4. The second kappa shape index (κ2) is 8.68. The van der Waals surface area contributed by atoms with Crippen LogP contribution in [-0.2, 0) is 19.6 Å². The Morgan fingerprint density at radius 1 is 1.07 bits per heavy atom. The molecular formula is C19H22N2O5S. The number of nitrogens with one attached hydrogen (secondary N) is 1. The summed E-state index contributed by atoms with van der Waals surface area (Å²) in [6.07, 6.45) is 1.05. The molecule has 0 spiro atoms. The Bertz CT molecular complexity index is 895. The molecule has 0 aromatic heterocycles. The second-order valence-electron chi connectivity index (χ2n) is 5.86. The third-order valence-electron chi connectivity index (χ3n) is 3.76. The number of amides is 1. The van der Waals surface area contributed by atoms with E-state index in [9.17, 15) is 18.0 Å². The van der Waals surface area contributed by atoms with E-state index in [1.807, 2.05) is 0 Å². The normalized spacial score (nSPS) is 12.1. The first-order valence-corrected chi connectivity index (χ1v) is 10.2. The van der Waals surface area contributed by atoms with Crippen LogP contribution in [0.4, 0.5) is 11.4 Å². The second-order valence-corrected chi connectivity index (χ2v) is 7.72. The van der Waals surface area contributed by atoms with Crippen LogP contribution in [0.15, 0.2) is 54.6 Å². The Kier molecular flexibility index (Phi) is 6.57. The van der Waals surface area contributed by atoms with Gasteiger partial charge < -0.3 is 10.1 Å². The van der Waals surface area contributed by atoms with Gasteiger partial charge in [-0.05, 0) is 50.2 Å². The summed E-state index contributed by atoms with van der Waals surface area (Å²) in [4.78, 5) is 24.2. The zero-order chi connectivity index (χ0) is 20.0. The lowest BCUT2D eigenvalue weighted by Gasteiger charge is -2.28. The Morgan fingerprint density at radius 2 is 1.67 bits per heavy atom. The van der Waals surface area contributed by atoms with Crippen molar-refractivity contribution in [2.24, 2.45) is 0 Å². The fraction of sp³-hybridized carbons (Fsp3) is 0.263. The molecule has 144 valence electrons. The van der Waals surface area contributed by atoms with E-state index in [4.69, 9.17) is 4.74 Å². The van der Waals surface area contributed by atoms with Crippen LogP contribution in [-0.4, -0.2) is 39.2 Å². The molecule has 2 aromatic rings. The highest BCUT2D eigenvalue weighted by Gasteiger charge is 2.29. The molecule has 1 amide bonds. The number of anilines is 2. The molecule has 2 rings (SSSR count). The number of para-hydroxylation sites is 1. The summed E-state index contributed by atoms with van der Waals surface area (Å²) in [7, 11) is -3.67. The van der Waals surface area contributed by atoms with Crippen molar-refractivity contribution < 1.29 is 22.7 Å². The number of benzene rings is 2. The van der Waals surface area contributed by atoms with Gasteiger partial charge in [-0.3, -0.25) is 9.10 Å². The van der Waals surface area contributed by atoms with Gasteiger partial charge in [0.25, 0.3) is 0 Å². The van der Waals surface area contributed by atoms with Gasteiger partial charge in [-0.15, -0.1) is 0 Å². The third-order valence-corrected chi connectivity index (χ3v) is 5.00. The summed E-state index contributed by atoms with van der Waals surface area (Å²) < 4.78 is 30.4. The maximum absolute atomic E-state index is 12.6. The van der Waals surface area contributed by atoms with Crippen molar-refractivity contribution in [1.82, 2.24) is 0 Å². The molecule has 1 atom stereocenters. The van der Waals surface area contributed by atoms with Crippen LogP contribution in [0.1, 0.15) is 24.2 Å². The molecule has 0 heterocycles. The molecule has 0 saturated carbocycles. The molecule has 1 N–H and O–H groups in total. The average molecular weight is 390 g/mol. The largest absolute Gasteiger partial charge is 0.462 e. The minimum absolute atomic E-state index is 0.273. The number of ether oxygens (including phenoxy) is 1. The molecule has 0 bridgehead atoms. The predicted molar refractivity (Wildman–Crippen MR) is 104 cm³/mol. The lowest BCUT2D eigenvalue weighted by Crippen LogP contribution is -2.45. The molecule has 8 heteroatoms. The standard InChI is InChI=1S/C19H22N2O5S/c1-4-26-19(23)15-10-12-16(13-11-15)20-18(22)14(2)21(27(3,24)25)17-8-6-5-7-9-17/h5-14H,4H2,1-3H3,(H,20,22)/t14-/m0/s1. The predicted octanol–water partition coefficient (Wildman–Crippen LogP) is 2.66. The highest BCUT2D eigenvalue weighted by molar-refractivity contribution is 7.92. The van der Waals surface area contributed by atoms with Gasteiger partial charge in [0.1, 0.15) is 6.04 Å². The van der Waals surface area contributed by atoms with E-state index in [1.165, 1.54) is 19.1 Å². The number of hydrogen-bond acceptors (Lipinski definition) is 5. The van der Waals surface area contributed by atoms with Crippen molar-refractivity contribution in [2.45, 2.75) is 19.9 Å². The quantitative estimate of drug-likeness (QED) is 0.734. The van der Waals surface area contributed by atoms with Gasteiger partial charge in [0.2, 0.25) is 15.9 Å². The number of esters is 1. The minimum Gasteiger partial charge on any atom is -0.462 e. The number of rotatable bonds is 7. The van der Waals surface area contributed by atoms with E-state index in [0.29, 0.717) is 16.9 Å². The van der Waals surface area contributed by atoms with Crippen molar-refractivity contribution >= 4 is 33.3 Å². The Morgan fingerprint density at radius 3 is 2.19 bits per heavy atom. The van der Waals surface area contributed by atoms with Gasteiger partial charge >= 0.3 is 5.97 Å². The first-order chi connectivity index (χ1) is 12.7. The van der Waals surface area contributed by atoms with E-state index in [2.05, 4.69) is 5.32 Å². The Hall–Kier alpha value is -2.87. The van der Waals surface area contributed by atoms with Crippen molar-refractivity contribution in [3.05, 3.63) is 60.2 Å². The lowest BCUT2D eigenvalue weighted by atomic mass is 10.2. The minimum atomic E-state index is -3.67. The molecule has 0 saturated heterocycles. The third kappa shape index (κ3) is 5.30. The molecule has 0 aliphatic rings. The maximum atomic E-state index is 12.6. The SMILES string of the molecule is CCOC(=O)c1ccc(NC(=O)[C@H](C)N(c2ccccc2)S(C)(=O)=O)cc1. The van der Waals surface area contributed by atoms with Crippen molar-refractivity contribution in [3.63, 3.8) is 0 Å². The molecular weight excluding hydrogens is 368 g/mol. The van der Waals surface area contributed by atoms with Crippen LogP contribution >= 0.6 is 0 Å². The first-order valence-electron chi connectivity index (χ1n) is 8.36. The summed E-state index contributed by atoms with van der Waals surface area (Å²) in [6, 6.07) is 13.6. The molecule has 0 aliphatic heterocycles. The van der Waals surface area contributed by atoms with Crippen molar-refractivity contribution in [1.29, 1.82) is 0 Å². The van der Waals surface area contributed by atoms with E-state index in [0.717, 1.165) is 10.6 Å². The summed E-state index contributed by atoms with van der Waals surface area (Å²) in [6.45, 7) is 3.50. The zero-order valence-electron chi connectivity index (χ0n) is 15.4. The van der Waals surface area contributed by atoms with Gasteiger partial charge in [0, 0.05) is 5.69 Å². The van der Waals surface area contributed by atoms with E-state index in [-0.39, 0.29) is 6.61 Å².